The molecule has 1 unspecified atom stereocenters. The Hall–Kier alpha value is -2.62. The summed E-state index contributed by atoms with van der Waals surface area (Å²) in [6.07, 6.45) is 0.850. The van der Waals surface area contributed by atoms with E-state index in [4.69, 9.17) is 18.9 Å². The zero-order valence-electron chi connectivity index (χ0n) is 24.5. The second kappa shape index (κ2) is 11.5. The van der Waals surface area contributed by atoms with Gasteiger partial charge >= 0.3 is 5.92 Å². The summed E-state index contributed by atoms with van der Waals surface area (Å²) in [6, 6.07) is 4.41. The molecule has 2 fully saturated rings. The first-order valence-corrected chi connectivity index (χ1v) is 13.5. The molecule has 1 aliphatic heterocycles. The molecule has 1 N–H and O–H groups in total. The van der Waals surface area contributed by atoms with Crippen LogP contribution in [-0.2, 0) is 9.53 Å². The van der Waals surface area contributed by atoms with Crippen LogP contribution in [0.4, 0.5) is 8.78 Å². The van der Waals surface area contributed by atoms with Gasteiger partial charge in [-0.2, -0.15) is 8.78 Å². The van der Waals surface area contributed by atoms with Crippen LogP contribution in [0.15, 0.2) is 23.2 Å². The van der Waals surface area contributed by atoms with Crippen molar-refractivity contribution in [2.75, 3.05) is 34.4 Å². The summed E-state index contributed by atoms with van der Waals surface area (Å²) in [5.74, 6) is -3.50. The van der Waals surface area contributed by atoms with Gasteiger partial charge in [0.2, 0.25) is 5.90 Å². The van der Waals surface area contributed by atoms with Crippen LogP contribution in [-0.4, -0.2) is 79.9 Å². The second-order valence-electron chi connectivity index (χ2n) is 12.4. The van der Waals surface area contributed by atoms with E-state index in [1.54, 1.807) is 32.2 Å². The molecule has 0 radical (unpaired) electrons. The van der Waals surface area contributed by atoms with Gasteiger partial charge in [0.1, 0.15) is 30.1 Å². The molecule has 1 saturated carbocycles. The van der Waals surface area contributed by atoms with E-state index >= 15 is 8.78 Å². The Kier molecular flexibility index (Phi) is 9.09. The summed E-state index contributed by atoms with van der Waals surface area (Å²) >= 11 is 0. The quantitative estimate of drug-likeness (QED) is 0.337. The lowest BCUT2D eigenvalue weighted by atomic mass is 9.58. The first-order chi connectivity index (χ1) is 18.1. The number of hydrogen-bond donors (Lipinski definition) is 1. The molecule has 1 amide bonds. The van der Waals surface area contributed by atoms with Crippen LogP contribution in [0.5, 0.6) is 17.2 Å². The monoisotopic (exact) mass is 554 g/mol. The normalized spacial score (nSPS) is 23.2. The van der Waals surface area contributed by atoms with Gasteiger partial charge in [0.05, 0.1) is 14.2 Å². The predicted molar refractivity (Wildman–Crippen MR) is 145 cm³/mol. The van der Waals surface area contributed by atoms with Crippen molar-refractivity contribution >= 4 is 11.8 Å². The maximum Gasteiger partial charge on any atom is 0.352 e. The van der Waals surface area contributed by atoms with Gasteiger partial charge in [0.25, 0.3) is 5.91 Å². The van der Waals surface area contributed by atoms with Crippen molar-refractivity contribution in [1.29, 1.82) is 0 Å². The number of likely N-dealkylation sites (tertiary alicyclic amines) is 1. The third-order valence-corrected chi connectivity index (χ3v) is 7.53. The molecule has 0 bridgehead atoms. The Morgan fingerprint density at radius 1 is 1.13 bits per heavy atom. The van der Waals surface area contributed by atoms with Gasteiger partial charge in [-0.1, -0.05) is 27.7 Å². The number of carbonyl (C=O) groups is 1. The zero-order valence-corrected chi connectivity index (χ0v) is 24.5. The van der Waals surface area contributed by atoms with E-state index in [2.05, 4.69) is 4.99 Å². The van der Waals surface area contributed by atoms with Crippen LogP contribution >= 0.6 is 0 Å². The van der Waals surface area contributed by atoms with Gasteiger partial charge in [-0.25, -0.2) is 0 Å². The Labute approximate surface area is 230 Å². The van der Waals surface area contributed by atoms with Crippen LogP contribution < -0.4 is 14.2 Å². The fourth-order valence-corrected chi connectivity index (χ4v) is 6.57. The molecule has 10 heteroatoms. The lowest BCUT2D eigenvalue weighted by Gasteiger charge is -2.51. The van der Waals surface area contributed by atoms with Gasteiger partial charge in [-0.15, -0.1) is 0 Å². The average molecular weight is 555 g/mol. The molecule has 1 aromatic rings. The van der Waals surface area contributed by atoms with Crippen molar-refractivity contribution in [3.05, 3.63) is 18.2 Å². The van der Waals surface area contributed by atoms with Gasteiger partial charge in [0, 0.05) is 19.7 Å². The first kappa shape index (κ1) is 30.9. The molecule has 2 aliphatic rings. The molecule has 3 rings (SSSR count). The average Bonchev–Trinajstić information content (AvgIpc) is 3.32. The van der Waals surface area contributed by atoms with Crippen LogP contribution in [0.3, 0.4) is 0 Å². The standard InChI is InChI=1S/C29H44F2N2O6/c1-19(15-38-20-11-12-22(36-7)23(14-20)37-8)39-24(32-6)21-10-9-13-33(21)25(34)29(30,31)28(35)17-26(2,3)16-27(4,5)18-28/h11-12,14,19,21,35H,9-10,13,15-18H2,1-8H3/t19?,21-/m0/s1. The number of aliphatic hydroxyl groups is 1. The first-order valence-electron chi connectivity index (χ1n) is 13.5. The third kappa shape index (κ3) is 6.76. The Bertz CT molecular complexity index is 1040. The van der Waals surface area contributed by atoms with Crippen molar-refractivity contribution in [2.45, 2.75) is 90.4 Å². The summed E-state index contributed by atoms with van der Waals surface area (Å²) in [5, 5.41) is 11.3. The summed E-state index contributed by atoms with van der Waals surface area (Å²) < 4.78 is 54.2. The minimum absolute atomic E-state index is 0.140. The minimum Gasteiger partial charge on any atom is -0.493 e. The number of aliphatic imine (C=N–C) groups is 1. The van der Waals surface area contributed by atoms with E-state index in [0.29, 0.717) is 36.5 Å². The fourth-order valence-electron chi connectivity index (χ4n) is 6.57. The van der Waals surface area contributed by atoms with Crippen molar-refractivity contribution in [1.82, 2.24) is 4.90 Å². The molecular formula is C29H44F2N2O6. The number of hydrogen-bond acceptors (Lipinski definition) is 7. The molecular weight excluding hydrogens is 510 g/mol. The molecule has 0 aromatic heterocycles. The van der Waals surface area contributed by atoms with E-state index < -0.39 is 40.4 Å². The molecule has 1 saturated heterocycles. The lowest BCUT2D eigenvalue weighted by molar-refractivity contribution is -0.231. The maximum atomic E-state index is 15.9. The van der Waals surface area contributed by atoms with Crippen molar-refractivity contribution in [3.8, 4) is 17.2 Å². The molecule has 39 heavy (non-hydrogen) atoms. The Balaban J connectivity index is 1.70. The van der Waals surface area contributed by atoms with Gasteiger partial charge < -0.3 is 29.0 Å². The molecule has 0 spiro atoms. The van der Waals surface area contributed by atoms with Gasteiger partial charge in [-0.05, 0) is 62.0 Å². The number of carbonyl (C=O) groups excluding carboxylic acids is 1. The van der Waals surface area contributed by atoms with Gasteiger partial charge in [-0.3, -0.25) is 9.79 Å². The molecule has 8 nitrogen and oxygen atoms in total. The molecule has 1 aromatic carbocycles. The van der Waals surface area contributed by atoms with E-state index in [1.165, 1.54) is 14.2 Å². The summed E-state index contributed by atoms with van der Waals surface area (Å²) in [6.45, 7) is 9.50. The molecule has 1 heterocycles. The summed E-state index contributed by atoms with van der Waals surface area (Å²) in [7, 11) is 4.59. The van der Waals surface area contributed by atoms with Crippen LogP contribution in [0, 0.1) is 10.8 Å². The number of benzene rings is 1. The Morgan fingerprint density at radius 2 is 1.74 bits per heavy atom. The number of rotatable bonds is 9. The number of alkyl halides is 2. The molecule has 1 aliphatic carbocycles. The summed E-state index contributed by atoms with van der Waals surface area (Å²) in [4.78, 5) is 18.7. The predicted octanol–water partition coefficient (Wildman–Crippen LogP) is 5.11. The van der Waals surface area contributed by atoms with Crippen LogP contribution in [0.2, 0.25) is 0 Å². The van der Waals surface area contributed by atoms with Gasteiger partial charge in [0.15, 0.2) is 11.5 Å². The number of amides is 1. The lowest BCUT2D eigenvalue weighted by Crippen LogP contribution is -2.63. The van der Waals surface area contributed by atoms with E-state index in [-0.39, 0.29) is 31.9 Å². The molecule has 220 valence electrons. The summed E-state index contributed by atoms with van der Waals surface area (Å²) in [5.41, 5.74) is -3.51. The van der Waals surface area contributed by atoms with E-state index in [0.717, 1.165) is 4.90 Å². The van der Waals surface area contributed by atoms with Crippen molar-refractivity contribution < 1.29 is 37.6 Å². The minimum atomic E-state index is -3.95. The highest BCUT2D eigenvalue weighted by Crippen LogP contribution is 2.55. The Morgan fingerprint density at radius 3 is 2.31 bits per heavy atom. The third-order valence-electron chi connectivity index (χ3n) is 7.53. The second-order valence-corrected chi connectivity index (χ2v) is 12.4. The van der Waals surface area contributed by atoms with Crippen LogP contribution in [0.1, 0.15) is 66.7 Å². The largest absolute Gasteiger partial charge is 0.493 e. The number of ether oxygens (including phenoxy) is 4. The highest BCUT2D eigenvalue weighted by molar-refractivity contribution is 5.92. The number of nitrogens with zero attached hydrogens (tertiary/aromatic N) is 2. The molecule has 2 atom stereocenters. The highest BCUT2D eigenvalue weighted by Gasteiger charge is 2.65. The number of halogens is 2. The topological polar surface area (TPSA) is 89.8 Å². The fraction of sp³-hybridized carbons (Fsp3) is 0.724. The zero-order chi connectivity index (χ0) is 29.2. The number of methoxy groups -OCH3 is 2. The smallest absolute Gasteiger partial charge is 0.352 e. The van der Waals surface area contributed by atoms with Crippen molar-refractivity contribution in [3.63, 3.8) is 0 Å². The highest BCUT2D eigenvalue weighted by atomic mass is 19.3. The van der Waals surface area contributed by atoms with E-state index in [1.807, 2.05) is 27.7 Å². The van der Waals surface area contributed by atoms with Crippen molar-refractivity contribution in [2.24, 2.45) is 15.8 Å². The SMILES string of the molecule is CN=C(OC(C)COc1ccc(OC)c(OC)c1)[C@@H]1CCCN1C(=O)C(F)(F)C1(O)CC(C)(C)CC(C)(C)C1. The van der Waals surface area contributed by atoms with E-state index in [9.17, 15) is 9.90 Å². The maximum absolute atomic E-state index is 15.9. The van der Waals surface area contributed by atoms with Crippen LogP contribution in [0.25, 0.3) is 0 Å².